The summed E-state index contributed by atoms with van der Waals surface area (Å²) in [5.41, 5.74) is 9.05. The van der Waals surface area contributed by atoms with Crippen molar-refractivity contribution in [2.45, 2.75) is 47.5 Å². The molecule has 24 heavy (non-hydrogen) atoms. The minimum absolute atomic E-state index is 0.0990. The Hall–Kier alpha value is -1.97. The van der Waals surface area contributed by atoms with Gasteiger partial charge in [0.15, 0.2) is 0 Å². The van der Waals surface area contributed by atoms with Gasteiger partial charge in [0.25, 0.3) is 5.91 Å². The van der Waals surface area contributed by atoms with Crippen molar-refractivity contribution in [2.75, 3.05) is 18.0 Å². The first-order chi connectivity index (χ1) is 11.3. The standard InChI is InChI=1S/C20H31N3O/c1-6-23(7-2)18-10-8-16(9-11-18)19(24)22-21-17-12-15(3)13-20(4,5)14-17/h8-11,14-15,21H,6-7,12-13H2,1-5H3,(H,22,24)/t15-/m0/s1. The molecule has 0 saturated heterocycles. The molecule has 4 nitrogen and oxygen atoms in total. The van der Waals surface area contributed by atoms with E-state index in [0.29, 0.717) is 11.5 Å². The zero-order valence-corrected chi connectivity index (χ0v) is 15.6. The van der Waals surface area contributed by atoms with E-state index in [4.69, 9.17) is 0 Å². The van der Waals surface area contributed by atoms with Crippen molar-refractivity contribution in [2.24, 2.45) is 11.3 Å². The van der Waals surface area contributed by atoms with Crippen molar-refractivity contribution < 1.29 is 4.79 Å². The summed E-state index contributed by atoms with van der Waals surface area (Å²) in [4.78, 5) is 14.6. The number of rotatable bonds is 6. The van der Waals surface area contributed by atoms with Crippen LogP contribution in [0.3, 0.4) is 0 Å². The second kappa shape index (κ2) is 7.73. The molecule has 2 N–H and O–H groups in total. The fourth-order valence-electron chi connectivity index (χ4n) is 3.64. The molecule has 0 fully saturated rings. The van der Waals surface area contributed by atoms with Gasteiger partial charge in [0, 0.05) is 30.0 Å². The first-order valence-corrected chi connectivity index (χ1v) is 8.97. The summed E-state index contributed by atoms with van der Waals surface area (Å²) in [5, 5.41) is 0. The van der Waals surface area contributed by atoms with E-state index in [2.05, 4.69) is 56.4 Å². The predicted molar refractivity (Wildman–Crippen MR) is 101 cm³/mol. The lowest BCUT2D eigenvalue weighted by molar-refractivity contribution is 0.0936. The van der Waals surface area contributed by atoms with Gasteiger partial charge in [-0.15, -0.1) is 0 Å². The number of hydrazine groups is 1. The first kappa shape index (κ1) is 18.4. The van der Waals surface area contributed by atoms with Crippen LogP contribution in [0.2, 0.25) is 0 Å². The molecule has 2 rings (SSSR count). The number of nitrogens with zero attached hydrogens (tertiary/aromatic N) is 1. The predicted octanol–water partition coefficient (Wildman–Crippen LogP) is 4.11. The number of allylic oxidation sites excluding steroid dienone is 2. The van der Waals surface area contributed by atoms with Crippen LogP contribution in [-0.4, -0.2) is 19.0 Å². The summed E-state index contributed by atoms with van der Waals surface area (Å²) >= 11 is 0. The largest absolute Gasteiger partial charge is 0.372 e. The molecule has 0 radical (unpaired) electrons. The molecule has 0 heterocycles. The van der Waals surface area contributed by atoms with Crippen molar-refractivity contribution in [3.63, 3.8) is 0 Å². The first-order valence-electron chi connectivity index (χ1n) is 8.97. The molecule has 132 valence electrons. The Balaban J connectivity index is 1.96. The Bertz CT molecular complexity index is 585. The van der Waals surface area contributed by atoms with Gasteiger partial charge in [0.2, 0.25) is 0 Å². The number of hydrogen-bond acceptors (Lipinski definition) is 3. The molecule has 0 bridgehead atoms. The van der Waals surface area contributed by atoms with Gasteiger partial charge in [0.1, 0.15) is 0 Å². The fraction of sp³-hybridized carbons (Fsp3) is 0.550. The molecule has 0 saturated carbocycles. The number of carbonyl (C=O) groups is 1. The highest BCUT2D eigenvalue weighted by Crippen LogP contribution is 2.35. The van der Waals surface area contributed by atoms with Crippen LogP contribution in [0.1, 0.15) is 57.8 Å². The van der Waals surface area contributed by atoms with E-state index in [0.717, 1.165) is 30.9 Å². The molecule has 1 aromatic rings. The van der Waals surface area contributed by atoms with Crippen LogP contribution >= 0.6 is 0 Å². The summed E-state index contributed by atoms with van der Waals surface area (Å²) in [7, 11) is 0. The van der Waals surface area contributed by atoms with Crippen LogP contribution in [0.5, 0.6) is 0 Å². The summed E-state index contributed by atoms with van der Waals surface area (Å²) in [6, 6.07) is 7.78. The van der Waals surface area contributed by atoms with Crippen molar-refractivity contribution in [3.05, 3.63) is 41.6 Å². The Labute approximate surface area is 146 Å². The lowest BCUT2D eigenvalue weighted by atomic mass is 9.76. The van der Waals surface area contributed by atoms with Gasteiger partial charge in [-0.05, 0) is 62.3 Å². The number of anilines is 1. The maximum atomic E-state index is 12.3. The lowest BCUT2D eigenvalue weighted by Crippen LogP contribution is -2.39. The van der Waals surface area contributed by atoms with Crippen LogP contribution in [0, 0.1) is 11.3 Å². The quantitative estimate of drug-likeness (QED) is 0.772. The van der Waals surface area contributed by atoms with E-state index in [1.54, 1.807) is 0 Å². The highest BCUT2D eigenvalue weighted by molar-refractivity contribution is 5.94. The zero-order valence-electron chi connectivity index (χ0n) is 15.6. The number of carbonyl (C=O) groups excluding carboxylic acids is 1. The van der Waals surface area contributed by atoms with Crippen molar-refractivity contribution in [1.82, 2.24) is 10.9 Å². The molecule has 1 amide bonds. The molecule has 4 heteroatoms. The van der Waals surface area contributed by atoms with Crippen LogP contribution in [0.25, 0.3) is 0 Å². The highest BCUT2D eigenvalue weighted by Gasteiger charge is 2.25. The van der Waals surface area contributed by atoms with E-state index in [-0.39, 0.29) is 11.3 Å². The van der Waals surface area contributed by atoms with Gasteiger partial charge in [-0.25, -0.2) is 0 Å². The van der Waals surface area contributed by atoms with Gasteiger partial charge in [-0.3, -0.25) is 10.2 Å². The second-order valence-electron chi connectivity index (χ2n) is 7.47. The average Bonchev–Trinajstić information content (AvgIpc) is 2.52. The summed E-state index contributed by atoms with van der Waals surface area (Å²) in [6.45, 7) is 12.9. The smallest absolute Gasteiger partial charge is 0.269 e. The van der Waals surface area contributed by atoms with Gasteiger partial charge in [-0.2, -0.15) is 0 Å². The Morgan fingerprint density at radius 1 is 1.21 bits per heavy atom. The number of hydrogen-bond donors (Lipinski definition) is 2. The van der Waals surface area contributed by atoms with E-state index in [1.807, 2.05) is 24.3 Å². The van der Waals surface area contributed by atoms with Crippen LogP contribution in [0.4, 0.5) is 5.69 Å². The maximum Gasteiger partial charge on any atom is 0.269 e. The van der Waals surface area contributed by atoms with Crippen LogP contribution < -0.4 is 15.8 Å². The zero-order chi connectivity index (χ0) is 17.7. The average molecular weight is 329 g/mol. The molecule has 1 aromatic carbocycles. The topological polar surface area (TPSA) is 44.4 Å². The van der Waals surface area contributed by atoms with E-state index < -0.39 is 0 Å². The molecule has 1 aliphatic rings. The normalized spacial score (nSPS) is 19.4. The van der Waals surface area contributed by atoms with E-state index in [9.17, 15) is 4.79 Å². The number of amides is 1. The molecule has 0 aromatic heterocycles. The SMILES string of the molecule is CCN(CC)c1ccc(C(=O)NNC2=CC(C)(C)C[C@@H](C)C2)cc1. The van der Waals surface area contributed by atoms with Crippen molar-refractivity contribution in [3.8, 4) is 0 Å². The van der Waals surface area contributed by atoms with E-state index >= 15 is 0 Å². The molecule has 1 atom stereocenters. The third kappa shape index (κ3) is 4.76. The molecule has 1 aliphatic carbocycles. The Kier molecular flexibility index (Phi) is 5.92. The van der Waals surface area contributed by atoms with Crippen LogP contribution in [0.15, 0.2) is 36.0 Å². The van der Waals surface area contributed by atoms with Gasteiger partial charge in [0.05, 0.1) is 0 Å². The third-order valence-corrected chi connectivity index (χ3v) is 4.60. The minimum Gasteiger partial charge on any atom is -0.372 e. The van der Waals surface area contributed by atoms with Crippen LogP contribution in [-0.2, 0) is 0 Å². The monoisotopic (exact) mass is 329 g/mol. The minimum atomic E-state index is -0.0990. The fourth-order valence-corrected chi connectivity index (χ4v) is 3.64. The third-order valence-electron chi connectivity index (χ3n) is 4.60. The molecular formula is C20H31N3O. The Morgan fingerprint density at radius 2 is 1.83 bits per heavy atom. The second-order valence-corrected chi connectivity index (χ2v) is 7.47. The van der Waals surface area contributed by atoms with Crippen molar-refractivity contribution >= 4 is 11.6 Å². The van der Waals surface area contributed by atoms with Gasteiger partial charge >= 0.3 is 0 Å². The van der Waals surface area contributed by atoms with Gasteiger partial charge in [-0.1, -0.05) is 26.8 Å². The van der Waals surface area contributed by atoms with Gasteiger partial charge < -0.3 is 10.3 Å². The highest BCUT2D eigenvalue weighted by atomic mass is 16.2. The molecule has 0 aliphatic heterocycles. The summed E-state index contributed by atoms with van der Waals surface area (Å²) in [6.07, 6.45) is 4.39. The maximum absolute atomic E-state index is 12.3. The number of benzene rings is 1. The molecular weight excluding hydrogens is 298 g/mol. The van der Waals surface area contributed by atoms with E-state index in [1.165, 1.54) is 6.42 Å². The molecule has 0 unspecified atom stereocenters. The Morgan fingerprint density at radius 3 is 2.38 bits per heavy atom. The molecule has 0 spiro atoms. The summed E-state index contributed by atoms with van der Waals surface area (Å²) in [5.74, 6) is 0.524. The van der Waals surface area contributed by atoms with Crippen molar-refractivity contribution in [1.29, 1.82) is 0 Å². The number of nitrogens with one attached hydrogen (secondary N) is 2. The lowest BCUT2D eigenvalue weighted by Gasteiger charge is -2.32. The summed E-state index contributed by atoms with van der Waals surface area (Å²) < 4.78 is 0.